The van der Waals surface area contributed by atoms with Gasteiger partial charge in [-0.1, -0.05) is 13.8 Å². The first-order chi connectivity index (χ1) is 7.49. The lowest BCUT2D eigenvalue weighted by Gasteiger charge is -2.30. The largest absolute Gasteiger partial charge is 0.383 e. The summed E-state index contributed by atoms with van der Waals surface area (Å²) in [5, 5.41) is 3.51. The molecule has 0 rings (SSSR count). The Kier molecular flexibility index (Phi) is 8.90. The van der Waals surface area contributed by atoms with E-state index in [4.69, 9.17) is 4.74 Å². The van der Waals surface area contributed by atoms with E-state index in [0.29, 0.717) is 12.1 Å². The molecule has 2 unspecified atom stereocenters. The summed E-state index contributed by atoms with van der Waals surface area (Å²) in [4.78, 5) is 2.37. The van der Waals surface area contributed by atoms with Gasteiger partial charge in [0.1, 0.15) is 0 Å². The maximum absolute atomic E-state index is 5.17. The van der Waals surface area contributed by atoms with Crippen LogP contribution in [0.1, 0.15) is 34.1 Å². The third kappa shape index (κ3) is 7.20. The maximum atomic E-state index is 5.17. The molecular weight excluding hydrogens is 200 g/mol. The highest BCUT2D eigenvalue weighted by Crippen LogP contribution is 2.02. The number of methoxy groups -OCH3 is 1. The van der Waals surface area contributed by atoms with Crippen molar-refractivity contribution in [2.24, 2.45) is 5.92 Å². The van der Waals surface area contributed by atoms with Gasteiger partial charge in [-0.3, -0.25) is 4.90 Å². The Hall–Kier alpha value is -0.120. The lowest BCUT2D eigenvalue weighted by atomic mass is 10.1. The molecule has 3 nitrogen and oxygen atoms in total. The molecule has 0 amide bonds. The summed E-state index contributed by atoms with van der Waals surface area (Å²) in [6.45, 7) is 12.0. The molecule has 0 saturated heterocycles. The molecule has 0 aromatic carbocycles. The number of ether oxygens (including phenoxy) is 1. The molecule has 2 atom stereocenters. The van der Waals surface area contributed by atoms with Crippen LogP contribution in [0.15, 0.2) is 0 Å². The van der Waals surface area contributed by atoms with Crippen molar-refractivity contribution in [1.82, 2.24) is 10.2 Å². The zero-order chi connectivity index (χ0) is 12.6. The van der Waals surface area contributed by atoms with E-state index in [1.165, 1.54) is 6.42 Å². The molecule has 0 saturated carbocycles. The summed E-state index contributed by atoms with van der Waals surface area (Å²) in [6, 6.07) is 1.03. The standard InChI is InChI=1S/C13H30N2O/c1-11(2)7-8-14-9-12(3)15(5)13(4)10-16-6/h11-14H,7-10H2,1-6H3. The number of nitrogens with zero attached hydrogens (tertiary/aromatic N) is 1. The molecule has 0 radical (unpaired) electrons. The van der Waals surface area contributed by atoms with Gasteiger partial charge in [0.05, 0.1) is 6.61 Å². The van der Waals surface area contributed by atoms with E-state index in [-0.39, 0.29) is 0 Å². The fourth-order valence-electron chi connectivity index (χ4n) is 1.64. The molecule has 16 heavy (non-hydrogen) atoms. The zero-order valence-electron chi connectivity index (χ0n) is 11.9. The fraction of sp³-hybridized carbons (Fsp3) is 1.00. The van der Waals surface area contributed by atoms with Crippen molar-refractivity contribution in [3.63, 3.8) is 0 Å². The fourth-order valence-corrected chi connectivity index (χ4v) is 1.64. The Labute approximate surface area is 102 Å². The van der Waals surface area contributed by atoms with Crippen molar-refractivity contribution in [3.8, 4) is 0 Å². The summed E-state index contributed by atoms with van der Waals surface area (Å²) < 4.78 is 5.17. The summed E-state index contributed by atoms with van der Waals surface area (Å²) in [5.41, 5.74) is 0. The molecule has 98 valence electrons. The molecule has 0 bridgehead atoms. The Morgan fingerprint density at radius 1 is 1.12 bits per heavy atom. The molecule has 0 aliphatic rings. The van der Waals surface area contributed by atoms with Crippen LogP contribution in [0.4, 0.5) is 0 Å². The van der Waals surface area contributed by atoms with Crippen LogP contribution in [0, 0.1) is 5.92 Å². The van der Waals surface area contributed by atoms with Gasteiger partial charge in [-0.15, -0.1) is 0 Å². The summed E-state index contributed by atoms with van der Waals surface area (Å²) in [7, 11) is 3.92. The Morgan fingerprint density at radius 3 is 2.25 bits per heavy atom. The van der Waals surface area contributed by atoms with E-state index in [1.807, 2.05) is 0 Å². The van der Waals surface area contributed by atoms with Gasteiger partial charge in [0, 0.05) is 25.7 Å². The highest BCUT2D eigenvalue weighted by atomic mass is 16.5. The van der Waals surface area contributed by atoms with E-state index in [9.17, 15) is 0 Å². The van der Waals surface area contributed by atoms with Crippen LogP contribution >= 0.6 is 0 Å². The molecule has 0 spiro atoms. The van der Waals surface area contributed by atoms with Crippen molar-refractivity contribution >= 4 is 0 Å². The molecule has 3 heteroatoms. The van der Waals surface area contributed by atoms with Gasteiger partial charge in [0.2, 0.25) is 0 Å². The Bertz CT molecular complexity index is 162. The highest BCUT2D eigenvalue weighted by Gasteiger charge is 2.14. The van der Waals surface area contributed by atoms with E-state index < -0.39 is 0 Å². The number of nitrogens with one attached hydrogen (secondary N) is 1. The summed E-state index contributed by atoms with van der Waals surface area (Å²) in [6.07, 6.45) is 1.25. The van der Waals surface area contributed by atoms with Gasteiger partial charge in [-0.2, -0.15) is 0 Å². The lowest BCUT2D eigenvalue weighted by molar-refractivity contribution is 0.0935. The van der Waals surface area contributed by atoms with Crippen molar-refractivity contribution < 1.29 is 4.74 Å². The zero-order valence-corrected chi connectivity index (χ0v) is 11.9. The van der Waals surface area contributed by atoms with Crippen molar-refractivity contribution in [1.29, 1.82) is 0 Å². The second kappa shape index (κ2) is 8.97. The number of hydrogen-bond acceptors (Lipinski definition) is 3. The minimum Gasteiger partial charge on any atom is -0.383 e. The van der Waals surface area contributed by atoms with Crippen LogP contribution in [-0.4, -0.2) is 50.8 Å². The van der Waals surface area contributed by atoms with Crippen LogP contribution in [-0.2, 0) is 4.74 Å². The lowest BCUT2D eigenvalue weighted by Crippen LogP contribution is -2.44. The van der Waals surface area contributed by atoms with Gasteiger partial charge in [0.25, 0.3) is 0 Å². The summed E-state index contributed by atoms with van der Waals surface area (Å²) >= 11 is 0. The van der Waals surface area contributed by atoms with E-state index in [1.54, 1.807) is 7.11 Å². The van der Waals surface area contributed by atoms with Gasteiger partial charge < -0.3 is 10.1 Å². The Morgan fingerprint density at radius 2 is 1.75 bits per heavy atom. The third-order valence-corrected chi connectivity index (χ3v) is 3.14. The molecule has 0 aliphatic carbocycles. The monoisotopic (exact) mass is 230 g/mol. The predicted octanol–water partition coefficient (Wildman–Crippen LogP) is 1.98. The first-order valence-electron chi connectivity index (χ1n) is 6.40. The maximum Gasteiger partial charge on any atom is 0.0615 e. The third-order valence-electron chi connectivity index (χ3n) is 3.14. The molecule has 1 N–H and O–H groups in total. The first kappa shape index (κ1) is 15.9. The SMILES string of the molecule is COCC(C)N(C)C(C)CNCCC(C)C. The minimum atomic E-state index is 0.479. The molecule has 0 heterocycles. The quantitative estimate of drug-likeness (QED) is 0.613. The van der Waals surface area contributed by atoms with Crippen LogP contribution in [0.25, 0.3) is 0 Å². The first-order valence-corrected chi connectivity index (χ1v) is 6.40. The Balaban J connectivity index is 3.66. The topological polar surface area (TPSA) is 24.5 Å². The van der Waals surface area contributed by atoms with Crippen molar-refractivity contribution in [2.75, 3.05) is 33.9 Å². The molecule has 0 aromatic heterocycles. The van der Waals surface area contributed by atoms with Gasteiger partial charge >= 0.3 is 0 Å². The van der Waals surface area contributed by atoms with Crippen LogP contribution in [0.3, 0.4) is 0 Å². The average molecular weight is 230 g/mol. The van der Waals surface area contributed by atoms with Gasteiger partial charge in [-0.25, -0.2) is 0 Å². The average Bonchev–Trinajstić information content (AvgIpc) is 2.23. The smallest absolute Gasteiger partial charge is 0.0615 e. The molecule has 0 fully saturated rings. The van der Waals surface area contributed by atoms with Crippen LogP contribution < -0.4 is 5.32 Å². The molecular formula is C13H30N2O. The second-order valence-corrected chi connectivity index (χ2v) is 5.21. The number of hydrogen-bond donors (Lipinski definition) is 1. The van der Waals surface area contributed by atoms with Crippen LogP contribution in [0.5, 0.6) is 0 Å². The number of likely N-dealkylation sites (N-methyl/N-ethyl adjacent to an activating group) is 1. The predicted molar refractivity (Wildman–Crippen MR) is 70.9 cm³/mol. The van der Waals surface area contributed by atoms with Crippen molar-refractivity contribution in [3.05, 3.63) is 0 Å². The second-order valence-electron chi connectivity index (χ2n) is 5.21. The van der Waals surface area contributed by atoms with E-state index in [0.717, 1.165) is 25.6 Å². The van der Waals surface area contributed by atoms with E-state index in [2.05, 4.69) is 45.0 Å². The van der Waals surface area contributed by atoms with Gasteiger partial charge in [0.15, 0.2) is 0 Å². The normalized spacial score (nSPS) is 15.8. The van der Waals surface area contributed by atoms with Gasteiger partial charge in [-0.05, 0) is 39.8 Å². The molecule has 0 aromatic rings. The number of rotatable bonds is 9. The molecule has 0 aliphatic heterocycles. The van der Waals surface area contributed by atoms with Crippen molar-refractivity contribution in [2.45, 2.75) is 46.2 Å². The summed E-state index contributed by atoms with van der Waals surface area (Å²) in [5.74, 6) is 0.785. The van der Waals surface area contributed by atoms with Crippen LogP contribution in [0.2, 0.25) is 0 Å². The minimum absolute atomic E-state index is 0.479. The van der Waals surface area contributed by atoms with E-state index >= 15 is 0 Å². The highest BCUT2D eigenvalue weighted by molar-refractivity contribution is 4.71.